The Kier molecular flexibility index (Phi) is 4.02. The SMILES string of the molecule is O=C(NCCc1c[nH]c2ccccc12)[C@H]1CCCNC1. The second-order valence-corrected chi connectivity index (χ2v) is 5.44. The lowest BCUT2D eigenvalue weighted by Crippen LogP contribution is -2.41. The van der Waals surface area contributed by atoms with Gasteiger partial charge in [0.1, 0.15) is 0 Å². The van der Waals surface area contributed by atoms with Gasteiger partial charge in [-0.05, 0) is 37.4 Å². The number of para-hydroxylation sites is 1. The van der Waals surface area contributed by atoms with Crippen molar-refractivity contribution in [2.24, 2.45) is 5.92 Å². The van der Waals surface area contributed by atoms with Gasteiger partial charge in [0.2, 0.25) is 5.91 Å². The molecule has 0 unspecified atom stereocenters. The number of rotatable bonds is 4. The number of aromatic nitrogens is 1. The maximum absolute atomic E-state index is 12.0. The molecule has 1 amide bonds. The van der Waals surface area contributed by atoms with Gasteiger partial charge in [0.05, 0.1) is 5.92 Å². The first-order valence-electron chi connectivity index (χ1n) is 7.38. The molecule has 1 aliphatic heterocycles. The van der Waals surface area contributed by atoms with Gasteiger partial charge >= 0.3 is 0 Å². The number of nitrogens with one attached hydrogen (secondary N) is 3. The molecule has 2 heterocycles. The molecule has 1 atom stereocenters. The Hall–Kier alpha value is -1.81. The summed E-state index contributed by atoms with van der Waals surface area (Å²) in [6.07, 6.45) is 5.02. The molecule has 0 bridgehead atoms. The first-order chi connectivity index (χ1) is 9.84. The molecule has 0 spiro atoms. The summed E-state index contributed by atoms with van der Waals surface area (Å²) in [7, 11) is 0. The van der Waals surface area contributed by atoms with E-state index >= 15 is 0 Å². The zero-order chi connectivity index (χ0) is 13.8. The van der Waals surface area contributed by atoms with Crippen molar-refractivity contribution in [3.8, 4) is 0 Å². The number of carbonyl (C=O) groups excluding carboxylic acids is 1. The summed E-state index contributed by atoms with van der Waals surface area (Å²) in [6.45, 7) is 2.56. The number of carbonyl (C=O) groups is 1. The van der Waals surface area contributed by atoms with E-state index in [1.54, 1.807) is 0 Å². The van der Waals surface area contributed by atoms with Gasteiger partial charge in [-0.1, -0.05) is 18.2 Å². The average Bonchev–Trinajstić information content (AvgIpc) is 2.92. The van der Waals surface area contributed by atoms with Crippen molar-refractivity contribution >= 4 is 16.8 Å². The fraction of sp³-hybridized carbons (Fsp3) is 0.438. The van der Waals surface area contributed by atoms with Crippen molar-refractivity contribution in [3.05, 3.63) is 36.0 Å². The summed E-state index contributed by atoms with van der Waals surface area (Å²) in [5.41, 5.74) is 2.42. The minimum Gasteiger partial charge on any atom is -0.361 e. The molecular weight excluding hydrogens is 250 g/mol. The first-order valence-corrected chi connectivity index (χ1v) is 7.38. The molecule has 1 aromatic heterocycles. The van der Waals surface area contributed by atoms with Crippen LogP contribution in [0.1, 0.15) is 18.4 Å². The van der Waals surface area contributed by atoms with Gasteiger partial charge in [0, 0.05) is 30.2 Å². The molecular formula is C16H21N3O. The Balaban J connectivity index is 1.53. The molecule has 1 fully saturated rings. The second kappa shape index (κ2) is 6.09. The molecule has 3 rings (SSSR count). The van der Waals surface area contributed by atoms with E-state index in [9.17, 15) is 4.79 Å². The van der Waals surface area contributed by atoms with E-state index in [1.165, 1.54) is 10.9 Å². The Morgan fingerprint density at radius 1 is 1.35 bits per heavy atom. The topological polar surface area (TPSA) is 56.9 Å². The van der Waals surface area contributed by atoms with Gasteiger partial charge in [0.15, 0.2) is 0 Å². The van der Waals surface area contributed by atoms with Gasteiger partial charge < -0.3 is 15.6 Å². The maximum Gasteiger partial charge on any atom is 0.224 e. The normalized spacial score (nSPS) is 19.1. The van der Waals surface area contributed by atoms with Gasteiger partial charge in [-0.15, -0.1) is 0 Å². The van der Waals surface area contributed by atoms with E-state index in [4.69, 9.17) is 0 Å². The number of benzene rings is 1. The molecule has 4 heteroatoms. The molecule has 2 aromatic rings. The summed E-state index contributed by atoms with van der Waals surface area (Å²) in [5.74, 6) is 0.337. The van der Waals surface area contributed by atoms with Crippen LogP contribution < -0.4 is 10.6 Å². The van der Waals surface area contributed by atoms with Crippen LogP contribution in [-0.4, -0.2) is 30.5 Å². The average molecular weight is 271 g/mol. The lowest BCUT2D eigenvalue weighted by atomic mass is 9.99. The van der Waals surface area contributed by atoms with E-state index in [0.29, 0.717) is 6.54 Å². The second-order valence-electron chi connectivity index (χ2n) is 5.44. The quantitative estimate of drug-likeness (QED) is 0.794. The Morgan fingerprint density at radius 3 is 3.10 bits per heavy atom. The highest BCUT2D eigenvalue weighted by Gasteiger charge is 2.20. The Morgan fingerprint density at radius 2 is 2.25 bits per heavy atom. The number of H-pyrrole nitrogens is 1. The van der Waals surface area contributed by atoms with Crippen LogP contribution in [0.3, 0.4) is 0 Å². The summed E-state index contributed by atoms with van der Waals surface area (Å²) in [5, 5.41) is 7.59. The molecule has 20 heavy (non-hydrogen) atoms. The van der Waals surface area contributed by atoms with Crippen LogP contribution in [-0.2, 0) is 11.2 Å². The monoisotopic (exact) mass is 271 g/mol. The van der Waals surface area contributed by atoms with E-state index < -0.39 is 0 Å². The molecule has 1 aliphatic rings. The number of hydrogen-bond donors (Lipinski definition) is 3. The Labute approximate surface area is 118 Å². The molecule has 106 valence electrons. The smallest absolute Gasteiger partial charge is 0.224 e. The lowest BCUT2D eigenvalue weighted by Gasteiger charge is -2.21. The van der Waals surface area contributed by atoms with Gasteiger partial charge in [-0.3, -0.25) is 4.79 Å². The van der Waals surface area contributed by atoms with Crippen LogP contribution in [0.4, 0.5) is 0 Å². The lowest BCUT2D eigenvalue weighted by molar-refractivity contribution is -0.125. The van der Waals surface area contributed by atoms with E-state index in [-0.39, 0.29) is 11.8 Å². The summed E-state index contributed by atoms with van der Waals surface area (Å²) in [6, 6.07) is 8.27. The third-order valence-electron chi connectivity index (χ3n) is 4.04. The van der Waals surface area contributed by atoms with Crippen LogP contribution >= 0.6 is 0 Å². The minimum absolute atomic E-state index is 0.145. The standard InChI is InChI=1S/C16H21N3O/c20-16(13-4-3-8-17-10-13)18-9-7-12-11-19-15-6-2-1-5-14(12)15/h1-2,5-6,11,13,17,19H,3-4,7-10H2,(H,18,20)/t13-/m0/s1. The molecule has 3 N–H and O–H groups in total. The van der Waals surface area contributed by atoms with Crippen LogP contribution in [0.5, 0.6) is 0 Å². The minimum atomic E-state index is 0.145. The summed E-state index contributed by atoms with van der Waals surface area (Å²) < 4.78 is 0. The van der Waals surface area contributed by atoms with Crippen molar-refractivity contribution < 1.29 is 4.79 Å². The molecule has 0 saturated carbocycles. The van der Waals surface area contributed by atoms with Gasteiger partial charge in [0.25, 0.3) is 0 Å². The molecule has 1 aromatic carbocycles. The number of aromatic amines is 1. The zero-order valence-electron chi connectivity index (χ0n) is 11.6. The predicted octanol–water partition coefficient (Wildman–Crippen LogP) is 1.83. The van der Waals surface area contributed by atoms with Crippen molar-refractivity contribution in [1.29, 1.82) is 0 Å². The third kappa shape index (κ3) is 2.85. The molecule has 1 saturated heterocycles. The maximum atomic E-state index is 12.0. The largest absolute Gasteiger partial charge is 0.361 e. The highest BCUT2D eigenvalue weighted by Crippen LogP contribution is 2.17. The third-order valence-corrected chi connectivity index (χ3v) is 4.04. The predicted molar refractivity (Wildman–Crippen MR) is 80.6 cm³/mol. The number of fused-ring (bicyclic) bond motifs is 1. The Bertz CT molecular complexity index is 584. The highest BCUT2D eigenvalue weighted by molar-refractivity contribution is 5.83. The molecule has 0 radical (unpaired) electrons. The highest BCUT2D eigenvalue weighted by atomic mass is 16.1. The number of hydrogen-bond acceptors (Lipinski definition) is 2. The molecule has 4 nitrogen and oxygen atoms in total. The van der Waals surface area contributed by atoms with E-state index in [1.807, 2.05) is 18.3 Å². The number of piperidine rings is 1. The fourth-order valence-corrected chi connectivity index (χ4v) is 2.88. The van der Waals surface area contributed by atoms with Gasteiger partial charge in [-0.2, -0.15) is 0 Å². The summed E-state index contributed by atoms with van der Waals surface area (Å²) in [4.78, 5) is 15.3. The fourth-order valence-electron chi connectivity index (χ4n) is 2.88. The number of amides is 1. The zero-order valence-corrected chi connectivity index (χ0v) is 11.6. The van der Waals surface area contributed by atoms with Crippen molar-refractivity contribution in [3.63, 3.8) is 0 Å². The van der Waals surface area contributed by atoms with Crippen molar-refractivity contribution in [2.75, 3.05) is 19.6 Å². The summed E-state index contributed by atoms with van der Waals surface area (Å²) >= 11 is 0. The van der Waals surface area contributed by atoms with Crippen LogP contribution in [0, 0.1) is 5.92 Å². The first kappa shape index (κ1) is 13.2. The van der Waals surface area contributed by atoms with E-state index in [2.05, 4.69) is 27.8 Å². The van der Waals surface area contributed by atoms with Crippen molar-refractivity contribution in [1.82, 2.24) is 15.6 Å². The van der Waals surface area contributed by atoms with Crippen LogP contribution in [0.2, 0.25) is 0 Å². The van der Waals surface area contributed by atoms with E-state index in [0.717, 1.165) is 37.9 Å². The van der Waals surface area contributed by atoms with Crippen LogP contribution in [0.15, 0.2) is 30.5 Å². The van der Waals surface area contributed by atoms with Crippen LogP contribution in [0.25, 0.3) is 10.9 Å². The molecule has 0 aliphatic carbocycles. The van der Waals surface area contributed by atoms with Crippen molar-refractivity contribution in [2.45, 2.75) is 19.3 Å². The van der Waals surface area contributed by atoms with Gasteiger partial charge in [-0.25, -0.2) is 0 Å².